The number of benzene rings is 2. The van der Waals surface area contributed by atoms with E-state index in [-0.39, 0.29) is 23.0 Å². The third-order valence-electron chi connectivity index (χ3n) is 3.42. The Bertz CT molecular complexity index is 898. The Labute approximate surface area is 153 Å². The van der Waals surface area contributed by atoms with Gasteiger partial charge in [0.1, 0.15) is 4.90 Å². The van der Waals surface area contributed by atoms with E-state index in [1.165, 1.54) is 31.4 Å². The van der Waals surface area contributed by atoms with Crippen molar-refractivity contribution in [2.45, 2.75) is 18.7 Å². The molecular weight excluding hydrogens is 356 g/mol. The molecule has 0 aliphatic carbocycles. The van der Waals surface area contributed by atoms with Crippen molar-refractivity contribution in [2.24, 2.45) is 0 Å². The standard InChI is InChI=1S/C19H20O6S/c1-4-24-18(20)13-10-15-6-5-7-17(23-3)19(15)25-26(21,22)16-11-8-14(2)9-12-16/h5-13H,4H2,1-3H3. The monoisotopic (exact) mass is 376 g/mol. The van der Waals surface area contributed by atoms with Gasteiger partial charge in [-0.2, -0.15) is 8.42 Å². The zero-order valence-corrected chi connectivity index (χ0v) is 15.6. The second kappa shape index (κ2) is 8.53. The number of esters is 1. The molecule has 0 amide bonds. The van der Waals surface area contributed by atoms with E-state index in [9.17, 15) is 13.2 Å². The Morgan fingerprint density at radius 3 is 2.42 bits per heavy atom. The van der Waals surface area contributed by atoms with Gasteiger partial charge in [-0.1, -0.05) is 29.8 Å². The predicted molar refractivity (Wildman–Crippen MR) is 97.7 cm³/mol. The molecule has 0 heterocycles. The van der Waals surface area contributed by atoms with Gasteiger partial charge in [-0.25, -0.2) is 4.79 Å². The lowest BCUT2D eigenvalue weighted by Gasteiger charge is -2.13. The highest BCUT2D eigenvalue weighted by molar-refractivity contribution is 7.87. The van der Waals surface area contributed by atoms with Crippen LogP contribution in [0.3, 0.4) is 0 Å². The van der Waals surface area contributed by atoms with E-state index in [2.05, 4.69) is 0 Å². The minimum atomic E-state index is -4.06. The first-order valence-corrected chi connectivity index (χ1v) is 9.31. The summed E-state index contributed by atoms with van der Waals surface area (Å²) in [5, 5.41) is 0. The molecule has 138 valence electrons. The molecule has 0 spiro atoms. The molecule has 0 N–H and O–H groups in total. The first kappa shape index (κ1) is 19.5. The second-order valence-corrected chi connectivity index (χ2v) is 6.86. The Morgan fingerprint density at radius 1 is 1.12 bits per heavy atom. The molecule has 0 fully saturated rings. The molecule has 0 saturated carbocycles. The number of hydrogen-bond donors (Lipinski definition) is 0. The molecule has 2 aromatic rings. The number of carbonyl (C=O) groups is 1. The summed E-state index contributed by atoms with van der Waals surface area (Å²) in [5.74, 6) is -0.314. The summed E-state index contributed by atoms with van der Waals surface area (Å²) < 4.78 is 40.5. The Morgan fingerprint density at radius 2 is 1.81 bits per heavy atom. The van der Waals surface area contributed by atoms with Crippen LogP contribution in [0.4, 0.5) is 0 Å². The van der Waals surface area contributed by atoms with Crippen LogP contribution in [0.5, 0.6) is 11.5 Å². The van der Waals surface area contributed by atoms with Gasteiger partial charge in [0, 0.05) is 11.6 Å². The predicted octanol–water partition coefficient (Wildman–Crippen LogP) is 3.35. The van der Waals surface area contributed by atoms with Crippen LogP contribution in [-0.2, 0) is 19.6 Å². The second-order valence-electron chi connectivity index (χ2n) is 5.31. The zero-order valence-electron chi connectivity index (χ0n) is 14.8. The fraction of sp³-hybridized carbons (Fsp3) is 0.211. The van der Waals surface area contributed by atoms with Gasteiger partial charge in [-0.3, -0.25) is 0 Å². The summed E-state index contributed by atoms with van der Waals surface area (Å²) in [6.07, 6.45) is 2.62. The molecule has 0 saturated heterocycles. The Balaban J connectivity index is 2.41. The van der Waals surface area contributed by atoms with E-state index in [4.69, 9.17) is 13.7 Å². The van der Waals surface area contributed by atoms with Crippen molar-refractivity contribution in [3.63, 3.8) is 0 Å². The normalized spacial score (nSPS) is 11.3. The van der Waals surface area contributed by atoms with Crippen molar-refractivity contribution in [1.29, 1.82) is 0 Å². The summed E-state index contributed by atoms with van der Waals surface area (Å²) in [6.45, 7) is 3.79. The maximum absolute atomic E-state index is 12.6. The van der Waals surface area contributed by atoms with Crippen LogP contribution < -0.4 is 8.92 Å². The number of aryl methyl sites for hydroxylation is 1. The molecule has 0 radical (unpaired) electrons. The molecule has 2 aromatic carbocycles. The van der Waals surface area contributed by atoms with Crippen molar-refractivity contribution >= 4 is 22.2 Å². The average molecular weight is 376 g/mol. The summed E-state index contributed by atoms with van der Waals surface area (Å²) >= 11 is 0. The van der Waals surface area contributed by atoms with Crippen molar-refractivity contribution in [1.82, 2.24) is 0 Å². The van der Waals surface area contributed by atoms with Crippen LogP contribution in [0.15, 0.2) is 53.4 Å². The number of methoxy groups -OCH3 is 1. The van der Waals surface area contributed by atoms with Gasteiger partial charge in [0.05, 0.1) is 13.7 Å². The number of ether oxygens (including phenoxy) is 2. The molecule has 0 aliphatic rings. The third kappa shape index (κ3) is 4.86. The largest absolute Gasteiger partial charge is 0.493 e. The van der Waals surface area contributed by atoms with Crippen LogP contribution in [0, 0.1) is 6.92 Å². The summed E-state index contributed by atoms with van der Waals surface area (Å²) in [6, 6.07) is 11.1. The number of rotatable bonds is 7. The van der Waals surface area contributed by atoms with Crippen molar-refractivity contribution in [2.75, 3.05) is 13.7 Å². The zero-order chi connectivity index (χ0) is 19.2. The van der Waals surface area contributed by atoms with Gasteiger partial charge in [-0.15, -0.1) is 0 Å². The molecule has 7 heteroatoms. The molecule has 0 atom stereocenters. The summed E-state index contributed by atoms with van der Waals surface area (Å²) in [7, 11) is -2.66. The van der Waals surface area contributed by atoms with Gasteiger partial charge < -0.3 is 13.7 Å². The maximum Gasteiger partial charge on any atom is 0.339 e. The Kier molecular flexibility index (Phi) is 6.41. The van der Waals surface area contributed by atoms with Crippen LogP contribution in [0.2, 0.25) is 0 Å². The van der Waals surface area contributed by atoms with E-state index >= 15 is 0 Å². The highest BCUT2D eigenvalue weighted by Crippen LogP contribution is 2.34. The summed E-state index contributed by atoms with van der Waals surface area (Å²) in [4.78, 5) is 11.5. The molecule has 2 rings (SSSR count). The maximum atomic E-state index is 12.6. The molecule has 0 aliphatic heterocycles. The average Bonchev–Trinajstić information content (AvgIpc) is 2.61. The van der Waals surface area contributed by atoms with E-state index in [0.717, 1.165) is 5.56 Å². The molecule has 26 heavy (non-hydrogen) atoms. The van der Waals surface area contributed by atoms with Gasteiger partial charge in [0.2, 0.25) is 0 Å². The third-order valence-corrected chi connectivity index (χ3v) is 4.65. The van der Waals surface area contributed by atoms with Crippen LogP contribution in [0.1, 0.15) is 18.1 Å². The summed E-state index contributed by atoms with van der Waals surface area (Å²) in [5.41, 5.74) is 1.30. The fourth-order valence-corrected chi connectivity index (χ4v) is 3.09. The molecule has 0 bridgehead atoms. The molecule has 0 unspecified atom stereocenters. The SMILES string of the molecule is CCOC(=O)C=Cc1cccc(OC)c1OS(=O)(=O)c1ccc(C)cc1. The minimum Gasteiger partial charge on any atom is -0.493 e. The lowest BCUT2D eigenvalue weighted by molar-refractivity contribution is -0.137. The highest BCUT2D eigenvalue weighted by atomic mass is 32.2. The van der Waals surface area contributed by atoms with E-state index in [1.807, 2.05) is 6.92 Å². The first-order chi connectivity index (χ1) is 12.4. The minimum absolute atomic E-state index is 0.00359. The number of hydrogen-bond acceptors (Lipinski definition) is 6. The molecule has 6 nitrogen and oxygen atoms in total. The topological polar surface area (TPSA) is 78.9 Å². The van der Waals surface area contributed by atoms with Crippen LogP contribution in [-0.4, -0.2) is 28.1 Å². The Hall–Kier alpha value is -2.80. The van der Waals surface area contributed by atoms with E-state index in [0.29, 0.717) is 5.56 Å². The lowest BCUT2D eigenvalue weighted by Crippen LogP contribution is -2.11. The molecule has 0 aromatic heterocycles. The van der Waals surface area contributed by atoms with Crippen LogP contribution >= 0.6 is 0 Å². The van der Waals surface area contributed by atoms with Gasteiger partial charge in [-0.05, 0) is 38.1 Å². The number of para-hydroxylation sites is 1. The lowest BCUT2D eigenvalue weighted by atomic mass is 10.1. The van der Waals surface area contributed by atoms with Crippen LogP contribution in [0.25, 0.3) is 6.08 Å². The fourth-order valence-electron chi connectivity index (χ4n) is 2.12. The van der Waals surface area contributed by atoms with E-state index < -0.39 is 16.1 Å². The van der Waals surface area contributed by atoms with Crippen molar-refractivity contribution in [3.05, 3.63) is 59.7 Å². The number of carbonyl (C=O) groups excluding carboxylic acids is 1. The van der Waals surface area contributed by atoms with Crippen molar-refractivity contribution < 1.29 is 26.9 Å². The van der Waals surface area contributed by atoms with Gasteiger partial charge >= 0.3 is 16.1 Å². The quantitative estimate of drug-likeness (QED) is 0.419. The smallest absolute Gasteiger partial charge is 0.339 e. The first-order valence-electron chi connectivity index (χ1n) is 7.90. The van der Waals surface area contributed by atoms with Crippen molar-refractivity contribution in [3.8, 4) is 11.5 Å². The van der Waals surface area contributed by atoms with Gasteiger partial charge in [0.25, 0.3) is 0 Å². The molecular formula is C19H20O6S. The van der Waals surface area contributed by atoms with Gasteiger partial charge in [0.15, 0.2) is 11.5 Å². The highest BCUT2D eigenvalue weighted by Gasteiger charge is 2.21. The van der Waals surface area contributed by atoms with E-state index in [1.54, 1.807) is 37.3 Å².